The first-order valence-corrected chi connectivity index (χ1v) is 21.3. The molecule has 7 aromatic carbocycles. The molecule has 0 aliphatic carbocycles. The van der Waals surface area contributed by atoms with Crippen LogP contribution in [0.15, 0.2) is 170 Å². The van der Waals surface area contributed by atoms with Gasteiger partial charge in [-0.05, 0) is 136 Å². The lowest BCUT2D eigenvalue weighted by molar-refractivity contribution is 0.225. The maximum absolute atomic E-state index is 11.9. The number of phenolic OH excluding ortho intramolecular Hbond substituents is 1. The molecule has 0 unspecified atom stereocenters. The Bertz CT molecular complexity index is 3210. The number of fused-ring (bicyclic) bond motifs is 1. The summed E-state index contributed by atoms with van der Waals surface area (Å²) >= 11 is 0. The lowest BCUT2D eigenvalue weighted by atomic mass is 9.65. The molecule has 0 aliphatic heterocycles. The summed E-state index contributed by atoms with van der Waals surface area (Å²) in [4.78, 5) is 10.4. The second kappa shape index (κ2) is 15.8. The zero-order valence-electron chi connectivity index (χ0n) is 39.5. The maximum atomic E-state index is 11.9. The average Bonchev–Trinajstić information content (AvgIpc) is 3.69. The molecule has 4 heteroatoms. The quantitative estimate of drug-likeness (QED) is 0.166. The molecule has 0 saturated heterocycles. The lowest BCUT2D eigenvalue weighted by Crippen LogP contribution is -2.34. The van der Waals surface area contributed by atoms with Gasteiger partial charge in [0.2, 0.25) is 0 Å². The Hall–Kier alpha value is -7.04. The molecule has 0 fully saturated rings. The standard InChI is InChI=1S/C58H53N3O/c1-37-22-24-41(25-23-37)43-28-29-59-51(35-43)46-33-44(40-16-11-9-12-17-40)32-45(34-46)48-20-15-21-53-54(48)60-56(50-31-38(2)30-39(3)55(50)62)61(53)52-27-26-47(58(7,8)57(4,5)6)36-49(52)42-18-13-10-14-19-42/h9-36,62H,1-8H3/i1D3. The molecule has 0 atom stereocenters. The third-order valence-electron chi connectivity index (χ3n) is 12.9. The van der Waals surface area contributed by atoms with E-state index in [9.17, 15) is 5.11 Å². The fourth-order valence-electron chi connectivity index (χ4n) is 8.45. The van der Waals surface area contributed by atoms with Crippen LogP contribution in [0.4, 0.5) is 0 Å². The van der Waals surface area contributed by atoms with E-state index in [1.807, 2.05) is 61.5 Å². The minimum atomic E-state index is -2.17. The van der Waals surface area contributed by atoms with Crippen LogP contribution in [0.1, 0.15) is 61.0 Å². The molecule has 0 radical (unpaired) electrons. The number of aryl methyl sites for hydroxylation is 3. The van der Waals surface area contributed by atoms with E-state index in [2.05, 4.69) is 143 Å². The van der Waals surface area contributed by atoms with Gasteiger partial charge in [-0.25, -0.2) is 4.98 Å². The molecule has 0 aliphatic rings. The Kier molecular flexibility index (Phi) is 9.36. The van der Waals surface area contributed by atoms with Gasteiger partial charge in [-0.1, -0.05) is 149 Å². The fraction of sp³-hybridized carbons (Fsp3) is 0.172. The van der Waals surface area contributed by atoms with Crippen LogP contribution in [0.3, 0.4) is 0 Å². The van der Waals surface area contributed by atoms with Gasteiger partial charge < -0.3 is 5.11 Å². The monoisotopic (exact) mass is 810 g/mol. The summed E-state index contributed by atoms with van der Waals surface area (Å²) in [6, 6.07) is 55.7. The number of para-hydroxylation sites is 1. The van der Waals surface area contributed by atoms with Crippen molar-refractivity contribution in [1.29, 1.82) is 0 Å². The first-order chi connectivity index (χ1) is 31.0. The van der Waals surface area contributed by atoms with Crippen molar-refractivity contribution in [3.8, 4) is 78.6 Å². The molecule has 9 aromatic rings. The molecule has 0 saturated carbocycles. The first kappa shape index (κ1) is 36.8. The second-order valence-electron chi connectivity index (χ2n) is 18.1. The van der Waals surface area contributed by atoms with E-state index in [0.29, 0.717) is 17.0 Å². The number of rotatable bonds is 8. The van der Waals surface area contributed by atoms with E-state index < -0.39 is 6.85 Å². The summed E-state index contributed by atoms with van der Waals surface area (Å²) < 4.78 is 25.8. The lowest BCUT2D eigenvalue weighted by Gasteiger charge is -2.40. The summed E-state index contributed by atoms with van der Waals surface area (Å²) in [7, 11) is 0. The molecule has 0 bridgehead atoms. The van der Waals surface area contributed by atoms with Crippen molar-refractivity contribution >= 4 is 11.0 Å². The minimum absolute atomic E-state index is 0.00788. The number of benzene rings is 7. The van der Waals surface area contributed by atoms with Crippen LogP contribution >= 0.6 is 0 Å². The van der Waals surface area contributed by atoms with Gasteiger partial charge in [-0.15, -0.1) is 0 Å². The predicted octanol–water partition coefficient (Wildman–Crippen LogP) is 15.4. The van der Waals surface area contributed by atoms with Gasteiger partial charge >= 0.3 is 0 Å². The van der Waals surface area contributed by atoms with E-state index in [-0.39, 0.29) is 16.6 Å². The van der Waals surface area contributed by atoms with Crippen LogP contribution in [0.2, 0.25) is 0 Å². The summed E-state index contributed by atoms with van der Waals surface area (Å²) in [5.74, 6) is 0.850. The van der Waals surface area contributed by atoms with E-state index >= 15 is 0 Å². The molecule has 1 N–H and O–H groups in total. The number of pyridine rings is 1. The highest BCUT2D eigenvalue weighted by Crippen LogP contribution is 2.46. The molecular weight excluding hydrogens is 755 g/mol. The van der Waals surface area contributed by atoms with Crippen molar-refractivity contribution < 1.29 is 9.22 Å². The van der Waals surface area contributed by atoms with Crippen molar-refractivity contribution in [2.24, 2.45) is 5.41 Å². The molecule has 62 heavy (non-hydrogen) atoms. The second-order valence-corrected chi connectivity index (χ2v) is 18.1. The molecule has 306 valence electrons. The molecule has 2 heterocycles. The number of hydrogen-bond acceptors (Lipinski definition) is 3. The van der Waals surface area contributed by atoms with Crippen molar-refractivity contribution in [2.75, 3.05) is 0 Å². The third-order valence-corrected chi connectivity index (χ3v) is 12.9. The normalized spacial score (nSPS) is 12.9. The zero-order valence-corrected chi connectivity index (χ0v) is 36.5. The number of aromatic hydroxyl groups is 1. The first-order valence-electron chi connectivity index (χ1n) is 22.8. The van der Waals surface area contributed by atoms with Crippen molar-refractivity contribution in [2.45, 2.75) is 60.7 Å². The van der Waals surface area contributed by atoms with E-state index in [4.69, 9.17) is 14.1 Å². The predicted molar refractivity (Wildman–Crippen MR) is 260 cm³/mol. The largest absolute Gasteiger partial charge is 0.507 e. The molecule has 0 amide bonds. The summed E-state index contributed by atoms with van der Waals surface area (Å²) in [5, 5.41) is 11.9. The third kappa shape index (κ3) is 7.40. The Morgan fingerprint density at radius 2 is 1.21 bits per heavy atom. The maximum Gasteiger partial charge on any atom is 0.149 e. The smallest absolute Gasteiger partial charge is 0.149 e. The van der Waals surface area contributed by atoms with Gasteiger partial charge in [0.15, 0.2) is 0 Å². The van der Waals surface area contributed by atoms with Gasteiger partial charge in [-0.3, -0.25) is 9.55 Å². The van der Waals surface area contributed by atoms with Crippen molar-refractivity contribution in [3.63, 3.8) is 0 Å². The number of aromatic nitrogens is 3. The van der Waals surface area contributed by atoms with Gasteiger partial charge in [0.05, 0.1) is 28.0 Å². The molecular formula is C58H53N3O. The minimum Gasteiger partial charge on any atom is -0.507 e. The van der Waals surface area contributed by atoms with Crippen molar-refractivity contribution in [1.82, 2.24) is 14.5 Å². The number of hydrogen-bond donors (Lipinski definition) is 1. The summed E-state index contributed by atoms with van der Waals surface area (Å²) in [6.45, 7) is 13.3. The van der Waals surface area contributed by atoms with Crippen LogP contribution < -0.4 is 0 Å². The van der Waals surface area contributed by atoms with E-state index in [0.717, 1.165) is 83.6 Å². The number of imidazole rings is 1. The Morgan fingerprint density at radius 3 is 1.92 bits per heavy atom. The van der Waals surface area contributed by atoms with E-state index in [1.165, 1.54) is 5.56 Å². The molecule has 0 spiro atoms. The molecule has 4 nitrogen and oxygen atoms in total. The highest BCUT2D eigenvalue weighted by molar-refractivity contribution is 5.98. The Morgan fingerprint density at radius 1 is 0.532 bits per heavy atom. The van der Waals surface area contributed by atoms with Crippen LogP contribution in [-0.4, -0.2) is 19.6 Å². The van der Waals surface area contributed by atoms with Crippen molar-refractivity contribution in [3.05, 3.63) is 192 Å². The number of nitrogens with zero attached hydrogens (tertiary/aromatic N) is 3. The average molecular weight is 811 g/mol. The van der Waals surface area contributed by atoms with Gasteiger partial charge in [0.1, 0.15) is 11.6 Å². The Labute approximate surface area is 370 Å². The summed E-state index contributed by atoms with van der Waals surface area (Å²) in [6.07, 6.45) is 1.81. The SMILES string of the molecule is [2H]C([2H])([2H])c1ccc(-c2ccnc(-c3cc(-c4ccccc4)cc(-c4cccc5c4nc(-c4cc(C)cc(C)c4O)n5-c4ccc(C(C)(C)C(C)(C)C)cc4-c4ccccc4)c3)c2)cc1. The van der Waals surface area contributed by atoms with E-state index in [1.54, 1.807) is 18.3 Å². The molecule has 2 aromatic heterocycles. The van der Waals surface area contributed by atoms with Gasteiger partial charge in [0.25, 0.3) is 0 Å². The van der Waals surface area contributed by atoms with Crippen LogP contribution in [0.5, 0.6) is 5.75 Å². The van der Waals surface area contributed by atoms with Crippen LogP contribution in [0, 0.1) is 26.1 Å². The van der Waals surface area contributed by atoms with Gasteiger partial charge in [0, 0.05) is 27.0 Å². The highest BCUT2D eigenvalue weighted by atomic mass is 16.3. The summed E-state index contributed by atoms with van der Waals surface area (Å²) in [5.41, 5.74) is 16.2. The van der Waals surface area contributed by atoms with Gasteiger partial charge in [-0.2, -0.15) is 0 Å². The fourth-order valence-corrected chi connectivity index (χ4v) is 8.45. The zero-order chi connectivity index (χ0) is 45.8. The number of phenols is 1. The molecule has 9 rings (SSSR count). The van der Waals surface area contributed by atoms with Crippen LogP contribution in [0.25, 0.3) is 83.9 Å². The Balaban J connectivity index is 1.30. The highest BCUT2D eigenvalue weighted by Gasteiger charge is 2.35. The van der Waals surface area contributed by atoms with Crippen LogP contribution in [-0.2, 0) is 5.41 Å². The topological polar surface area (TPSA) is 50.9 Å².